The molecular weight excluding hydrogens is 308 g/mol. The van der Waals surface area contributed by atoms with Gasteiger partial charge in [-0.1, -0.05) is 0 Å². The molecule has 2 N–H and O–H groups in total. The molecule has 3 heterocycles. The van der Waals surface area contributed by atoms with Crippen LogP contribution in [0.1, 0.15) is 18.4 Å². The predicted octanol–water partition coefficient (Wildman–Crippen LogP) is 0.129. The molecule has 0 spiro atoms. The first-order valence-electron chi connectivity index (χ1n) is 8.03. The molecule has 2 aromatic heterocycles. The minimum absolute atomic E-state index is 0.151. The van der Waals surface area contributed by atoms with Crippen molar-refractivity contribution in [2.45, 2.75) is 31.9 Å². The van der Waals surface area contributed by atoms with Crippen molar-refractivity contribution in [3.63, 3.8) is 0 Å². The molecule has 1 atom stereocenters. The summed E-state index contributed by atoms with van der Waals surface area (Å²) in [6.07, 6.45) is 9.94. The fraction of sp³-hybridized carbons (Fsp3) is 0.500. The van der Waals surface area contributed by atoms with Gasteiger partial charge in [-0.15, -0.1) is 0 Å². The summed E-state index contributed by atoms with van der Waals surface area (Å²) in [7, 11) is 0. The first-order chi connectivity index (χ1) is 11.5. The molecule has 1 aliphatic heterocycles. The van der Waals surface area contributed by atoms with Gasteiger partial charge in [0, 0.05) is 38.2 Å². The van der Waals surface area contributed by atoms with E-state index in [0.717, 1.165) is 24.3 Å². The van der Waals surface area contributed by atoms with E-state index in [1.807, 2.05) is 18.0 Å². The molecule has 0 aliphatic carbocycles. The number of carbonyl (C=O) groups is 1. The number of aromatic nitrogens is 4. The van der Waals surface area contributed by atoms with Crippen LogP contribution in [0.5, 0.6) is 0 Å². The second-order valence-corrected chi connectivity index (χ2v) is 6.31. The number of nitrogens with zero attached hydrogens (tertiary/aromatic N) is 5. The fourth-order valence-corrected chi connectivity index (χ4v) is 2.93. The molecule has 1 unspecified atom stereocenters. The Labute approximate surface area is 140 Å². The van der Waals surface area contributed by atoms with Crippen LogP contribution < -0.4 is 10.2 Å². The summed E-state index contributed by atoms with van der Waals surface area (Å²) in [6, 6.07) is 0. The zero-order chi connectivity index (χ0) is 17.0. The molecule has 1 amide bonds. The van der Waals surface area contributed by atoms with E-state index in [1.54, 1.807) is 29.5 Å². The second-order valence-electron chi connectivity index (χ2n) is 6.31. The van der Waals surface area contributed by atoms with Crippen LogP contribution in [-0.4, -0.2) is 56.0 Å². The number of nitrogens with one attached hydrogen (secondary N) is 1. The minimum atomic E-state index is -0.967. The number of rotatable bonds is 5. The van der Waals surface area contributed by atoms with Gasteiger partial charge in [0.15, 0.2) is 0 Å². The molecular formula is C16H22N6O2. The Kier molecular flexibility index (Phi) is 4.75. The van der Waals surface area contributed by atoms with Crippen molar-refractivity contribution in [2.24, 2.45) is 0 Å². The molecule has 0 saturated carbocycles. The summed E-state index contributed by atoms with van der Waals surface area (Å²) in [6.45, 7) is 3.53. The van der Waals surface area contributed by atoms with E-state index in [4.69, 9.17) is 0 Å². The molecule has 3 rings (SSSR count). The average Bonchev–Trinajstić information content (AvgIpc) is 2.99. The summed E-state index contributed by atoms with van der Waals surface area (Å²) < 4.78 is 1.58. The van der Waals surface area contributed by atoms with E-state index in [-0.39, 0.29) is 19.0 Å². The Bertz CT molecular complexity index is 689. The summed E-state index contributed by atoms with van der Waals surface area (Å²) in [4.78, 5) is 22.4. The third-order valence-electron chi connectivity index (χ3n) is 4.11. The second kappa shape index (κ2) is 6.96. The van der Waals surface area contributed by atoms with E-state index in [1.165, 1.54) is 0 Å². The lowest BCUT2D eigenvalue weighted by molar-refractivity contribution is -0.123. The van der Waals surface area contributed by atoms with E-state index in [9.17, 15) is 9.90 Å². The highest BCUT2D eigenvalue weighted by Crippen LogP contribution is 2.23. The van der Waals surface area contributed by atoms with Crippen molar-refractivity contribution in [1.82, 2.24) is 25.1 Å². The van der Waals surface area contributed by atoms with Gasteiger partial charge in [0.2, 0.25) is 5.91 Å². The van der Waals surface area contributed by atoms with Crippen LogP contribution in [0.4, 0.5) is 5.82 Å². The van der Waals surface area contributed by atoms with Gasteiger partial charge in [-0.25, -0.2) is 4.98 Å². The van der Waals surface area contributed by atoms with Gasteiger partial charge in [0.1, 0.15) is 12.4 Å². The van der Waals surface area contributed by atoms with Crippen molar-refractivity contribution in [3.8, 4) is 0 Å². The van der Waals surface area contributed by atoms with Crippen LogP contribution in [0.2, 0.25) is 0 Å². The lowest BCUT2D eigenvalue weighted by Crippen LogP contribution is -2.54. The molecule has 0 bridgehead atoms. The first-order valence-corrected chi connectivity index (χ1v) is 8.03. The van der Waals surface area contributed by atoms with E-state index in [2.05, 4.69) is 20.4 Å². The van der Waals surface area contributed by atoms with Crippen molar-refractivity contribution >= 4 is 11.7 Å². The van der Waals surface area contributed by atoms with E-state index >= 15 is 0 Å². The number of aliphatic hydroxyl groups is 1. The molecule has 8 nitrogen and oxygen atoms in total. The Hall–Kier alpha value is -2.48. The van der Waals surface area contributed by atoms with Crippen molar-refractivity contribution in [3.05, 3.63) is 36.5 Å². The number of hydrogen-bond acceptors (Lipinski definition) is 6. The zero-order valence-electron chi connectivity index (χ0n) is 13.7. The quantitative estimate of drug-likeness (QED) is 0.809. The van der Waals surface area contributed by atoms with Crippen molar-refractivity contribution in [1.29, 1.82) is 0 Å². The number of aryl methyl sites for hydroxylation is 1. The van der Waals surface area contributed by atoms with Gasteiger partial charge < -0.3 is 15.3 Å². The number of β-amino-alcohol motifs (C(OH)–C–C–N with tert-alkyl or cyclic N) is 1. The maximum absolute atomic E-state index is 12.0. The monoisotopic (exact) mass is 330 g/mol. The molecule has 128 valence electrons. The lowest BCUT2D eigenvalue weighted by atomic mass is 9.92. The smallest absolute Gasteiger partial charge is 0.241 e. The largest absolute Gasteiger partial charge is 0.386 e. The van der Waals surface area contributed by atoms with E-state index in [0.29, 0.717) is 13.0 Å². The first kappa shape index (κ1) is 16.4. The van der Waals surface area contributed by atoms with Crippen LogP contribution >= 0.6 is 0 Å². The number of carbonyl (C=O) groups excluding carboxylic acids is 1. The molecule has 1 aliphatic rings. The summed E-state index contributed by atoms with van der Waals surface area (Å²) in [5.74, 6) is 0.581. The zero-order valence-corrected chi connectivity index (χ0v) is 13.7. The normalized spacial score (nSPS) is 20.8. The third-order valence-corrected chi connectivity index (χ3v) is 4.11. The number of hydrogen-bond donors (Lipinski definition) is 2. The SMILES string of the molecule is Cc1cnn(CC(=O)NCC2(O)CCCN(c3cnccn3)C2)c1. The predicted molar refractivity (Wildman–Crippen MR) is 88.4 cm³/mol. The maximum atomic E-state index is 12.0. The molecule has 2 aromatic rings. The third kappa shape index (κ3) is 4.08. The average molecular weight is 330 g/mol. The lowest BCUT2D eigenvalue weighted by Gasteiger charge is -2.39. The Morgan fingerprint density at radius 1 is 1.42 bits per heavy atom. The molecule has 8 heteroatoms. The van der Waals surface area contributed by atoms with Crippen LogP contribution in [0.3, 0.4) is 0 Å². The highest BCUT2D eigenvalue weighted by molar-refractivity contribution is 5.75. The maximum Gasteiger partial charge on any atom is 0.241 e. The molecule has 1 saturated heterocycles. The topological polar surface area (TPSA) is 96.2 Å². The van der Waals surface area contributed by atoms with Crippen LogP contribution in [0.25, 0.3) is 0 Å². The van der Waals surface area contributed by atoms with Crippen LogP contribution in [0, 0.1) is 6.92 Å². The molecule has 24 heavy (non-hydrogen) atoms. The number of piperidine rings is 1. The van der Waals surface area contributed by atoms with Crippen molar-refractivity contribution in [2.75, 3.05) is 24.5 Å². The minimum Gasteiger partial charge on any atom is -0.386 e. The Morgan fingerprint density at radius 3 is 3.00 bits per heavy atom. The van der Waals surface area contributed by atoms with Gasteiger partial charge in [0.25, 0.3) is 0 Å². The van der Waals surface area contributed by atoms with Gasteiger partial charge in [-0.05, 0) is 25.3 Å². The number of amides is 1. The Balaban J connectivity index is 1.54. The van der Waals surface area contributed by atoms with Gasteiger partial charge in [-0.2, -0.15) is 5.10 Å². The van der Waals surface area contributed by atoms with Gasteiger partial charge in [-0.3, -0.25) is 14.5 Å². The molecule has 1 fully saturated rings. The fourth-order valence-electron chi connectivity index (χ4n) is 2.93. The molecule has 0 radical (unpaired) electrons. The Morgan fingerprint density at radius 2 is 2.29 bits per heavy atom. The van der Waals surface area contributed by atoms with Crippen molar-refractivity contribution < 1.29 is 9.90 Å². The van der Waals surface area contributed by atoms with E-state index < -0.39 is 5.60 Å². The molecule has 0 aromatic carbocycles. The highest BCUT2D eigenvalue weighted by atomic mass is 16.3. The van der Waals surface area contributed by atoms with Crippen LogP contribution in [0.15, 0.2) is 31.0 Å². The highest BCUT2D eigenvalue weighted by Gasteiger charge is 2.34. The summed E-state index contributed by atoms with van der Waals surface area (Å²) >= 11 is 0. The van der Waals surface area contributed by atoms with Gasteiger partial charge in [0.05, 0.1) is 18.0 Å². The standard InChI is InChI=1S/C16H22N6O2/c1-13-7-20-22(9-13)10-15(23)19-11-16(24)3-2-6-21(12-16)14-8-17-4-5-18-14/h4-5,7-9,24H,2-3,6,10-12H2,1H3,(H,19,23). The number of anilines is 1. The summed E-state index contributed by atoms with van der Waals surface area (Å²) in [5.41, 5.74) is 0.0409. The summed E-state index contributed by atoms with van der Waals surface area (Å²) in [5, 5.41) is 17.7. The van der Waals surface area contributed by atoms with Crippen LogP contribution in [-0.2, 0) is 11.3 Å². The van der Waals surface area contributed by atoms with Gasteiger partial charge >= 0.3 is 0 Å².